The van der Waals surface area contributed by atoms with Crippen molar-refractivity contribution in [2.45, 2.75) is 89.4 Å². The van der Waals surface area contributed by atoms with Crippen molar-refractivity contribution in [1.29, 1.82) is 0 Å². The molecule has 5 aromatic rings. The van der Waals surface area contributed by atoms with E-state index < -0.39 is 35.3 Å². The van der Waals surface area contributed by atoms with Crippen molar-refractivity contribution in [1.82, 2.24) is 40.4 Å². The molecule has 4 N–H and O–H groups in total. The Kier molecular flexibility index (Phi) is 10.2. The van der Waals surface area contributed by atoms with Crippen LogP contribution in [0.15, 0.2) is 65.5 Å². The van der Waals surface area contributed by atoms with Crippen LogP contribution in [0.3, 0.4) is 0 Å². The molecule has 2 saturated heterocycles. The topological polar surface area (TPSA) is 188 Å². The molecule has 2 aliphatic heterocycles. The number of aromatic amines is 2. The number of likely N-dealkylation sites (tertiary alicyclic amines) is 2. The largest absolute Gasteiger partial charge is 0.464 e. The van der Waals surface area contributed by atoms with E-state index >= 15 is 0 Å². The summed E-state index contributed by atoms with van der Waals surface area (Å²) in [6.07, 6.45) is 9.39. The van der Waals surface area contributed by atoms with E-state index in [9.17, 15) is 19.2 Å². The van der Waals surface area contributed by atoms with Crippen LogP contribution in [-0.2, 0) is 30.1 Å². The molecule has 320 valence electrons. The van der Waals surface area contributed by atoms with Gasteiger partial charge in [-0.25, -0.2) is 19.6 Å². The lowest BCUT2D eigenvalue weighted by molar-refractivity contribution is -0.141. The molecule has 4 amide bonds. The third-order valence-electron chi connectivity index (χ3n) is 13.9. The van der Waals surface area contributed by atoms with Crippen molar-refractivity contribution in [3.63, 3.8) is 0 Å². The van der Waals surface area contributed by atoms with E-state index in [4.69, 9.17) is 23.9 Å². The fourth-order valence-corrected chi connectivity index (χ4v) is 10.7. The Hall–Kier alpha value is -6.12. The Bertz CT molecular complexity index is 2490. The van der Waals surface area contributed by atoms with Crippen LogP contribution in [-0.4, -0.2) is 93.1 Å². The van der Waals surface area contributed by atoms with E-state index in [1.165, 1.54) is 14.2 Å². The number of methoxy groups -OCH3 is 2. The minimum atomic E-state index is -0.712. The molecule has 2 saturated carbocycles. The molecule has 3 aromatic heterocycles. The minimum Gasteiger partial charge on any atom is -0.464 e. The summed E-state index contributed by atoms with van der Waals surface area (Å²) in [5.41, 5.74) is 5.12. The number of alkyl carbamates (subject to hydrolysis) is 2. The number of nitrogens with zero attached hydrogens (tertiary/aromatic N) is 4. The number of piperidine rings is 2. The second-order valence-corrected chi connectivity index (χ2v) is 18.1. The van der Waals surface area contributed by atoms with Crippen LogP contribution in [0.25, 0.3) is 44.6 Å². The van der Waals surface area contributed by atoms with E-state index in [0.717, 1.165) is 94.8 Å². The SMILES string of the molecule is COC(=O)N[C@H](C(=O)N1C[C@H]2CC[C@]1(c1ncc(-c3ccc(-c4ccc(-c5cnc(C67CC[C@H](CN6C(=O)[C@H](NC(=O)OC)C(C)C)C7)[nH]5)cc4)c4ccoc34)[nH]1)C2)C(C)C. The first-order valence-electron chi connectivity index (χ1n) is 21.4. The van der Waals surface area contributed by atoms with Crippen molar-refractivity contribution < 1.29 is 33.1 Å². The normalized spacial score (nSPS) is 23.9. The number of carbonyl (C=O) groups is 4. The number of rotatable bonds is 11. The number of H-pyrrole nitrogens is 2. The summed E-state index contributed by atoms with van der Waals surface area (Å²) in [7, 11) is 2.60. The summed E-state index contributed by atoms with van der Waals surface area (Å²) in [6.45, 7) is 8.94. The van der Waals surface area contributed by atoms with E-state index in [1.807, 2.05) is 62.0 Å². The number of carbonyl (C=O) groups excluding carboxylic acids is 4. The van der Waals surface area contributed by atoms with Crippen molar-refractivity contribution in [3.8, 4) is 33.6 Å². The summed E-state index contributed by atoms with van der Waals surface area (Å²) in [4.78, 5) is 73.2. The van der Waals surface area contributed by atoms with Gasteiger partial charge in [0.1, 0.15) is 40.4 Å². The maximum Gasteiger partial charge on any atom is 0.407 e. The van der Waals surface area contributed by atoms with Gasteiger partial charge < -0.3 is 44.3 Å². The number of fused-ring (bicyclic) bond motifs is 5. The van der Waals surface area contributed by atoms with Crippen LogP contribution in [0.5, 0.6) is 0 Å². The van der Waals surface area contributed by atoms with Gasteiger partial charge in [-0.15, -0.1) is 0 Å². The van der Waals surface area contributed by atoms with Gasteiger partial charge >= 0.3 is 12.2 Å². The Morgan fingerprint density at radius 2 is 1.20 bits per heavy atom. The van der Waals surface area contributed by atoms with Gasteiger partial charge in [0.2, 0.25) is 11.8 Å². The molecule has 2 aromatic carbocycles. The Morgan fingerprint density at radius 1 is 0.705 bits per heavy atom. The average Bonchev–Trinajstić information content (AvgIpc) is 4.13. The van der Waals surface area contributed by atoms with Crippen molar-refractivity contribution in [2.75, 3.05) is 27.3 Å². The monoisotopic (exact) mass is 830 g/mol. The standard InChI is InChI=1S/C46H54N8O7/c1-25(2)36(51-43(57)59-5)39(55)53-23-27-13-16-45(53,19-27)41-47-21-34(49-41)30-9-7-29(8-10-30)31-11-12-33(38-32(31)15-18-61-38)35-22-48-42(50-35)46-17-14-28(20-46)24-54(46)40(56)37(26(3)4)52-44(58)60-6/h7-12,15,18,21-22,25-28,36-37H,13-14,16-17,19-20,23-24H2,1-6H3,(H,47,49)(H,48,50)(H,51,57)(H,52,58)/t27-,28-,36+,37-,45?,46+/m0/s1. The highest BCUT2D eigenvalue weighted by molar-refractivity contribution is 6.01. The van der Waals surface area contributed by atoms with Gasteiger partial charge in [0.25, 0.3) is 0 Å². The van der Waals surface area contributed by atoms with Gasteiger partial charge in [0.05, 0.1) is 44.3 Å². The maximum atomic E-state index is 14.1. The zero-order chi connectivity index (χ0) is 42.8. The first kappa shape index (κ1) is 40.3. The fraction of sp³-hybridized carbons (Fsp3) is 0.478. The molecular formula is C46H54N8O7. The van der Waals surface area contributed by atoms with Gasteiger partial charge in [-0.05, 0) is 91.0 Å². The number of nitrogens with one attached hydrogen (secondary N) is 4. The second-order valence-electron chi connectivity index (χ2n) is 18.1. The maximum absolute atomic E-state index is 14.1. The second kappa shape index (κ2) is 15.4. The van der Waals surface area contributed by atoms with Gasteiger partial charge in [0.15, 0.2) is 0 Å². The molecule has 4 fully saturated rings. The summed E-state index contributed by atoms with van der Waals surface area (Å²) < 4.78 is 15.8. The fourth-order valence-electron chi connectivity index (χ4n) is 10.7. The number of hydrogen-bond acceptors (Lipinski definition) is 9. The number of amides is 4. The zero-order valence-corrected chi connectivity index (χ0v) is 35.5. The first-order valence-corrected chi connectivity index (χ1v) is 21.4. The van der Waals surface area contributed by atoms with Crippen LogP contribution in [0, 0.1) is 23.7 Å². The molecule has 15 nitrogen and oxygen atoms in total. The molecule has 61 heavy (non-hydrogen) atoms. The molecule has 15 heteroatoms. The number of furan rings is 1. The van der Waals surface area contributed by atoms with Gasteiger partial charge in [-0.1, -0.05) is 58.0 Å². The van der Waals surface area contributed by atoms with Crippen molar-refractivity contribution in [3.05, 3.63) is 72.8 Å². The molecular weight excluding hydrogens is 777 g/mol. The molecule has 4 aliphatic rings. The predicted molar refractivity (Wildman–Crippen MR) is 227 cm³/mol. The Labute approximate surface area is 354 Å². The Balaban J connectivity index is 0.950. The third-order valence-corrected chi connectivity index (χ3v) is 13.9. The van der Waals surface area contributed by atoms with E-state index in [-0.39, 0.29) is 23.7 Å². The lowest BCUT2D eigenvalue weighted by Gasteiger charge is -2.40. The third kappa shape index (κ3) is 6.72. The van der Waals surface area contributed by atoms with Gasteiger partial charge in [0, 0.05) is 24.0 Å². The van der Waals surface area contributed by atoms with Crippen molar-refractivity contribution in [2.24, 2.45) is 23.7 Å². The van der Waals surface area contributed by atoms with Crippen LogP contribution in [0.2, 0.25) is 0 Å². The van der Waals surface area contributed by atoms with E-state index in [0.29, 0.717) is 24.9 Å². The molecule has 0 radical (unpaired) electrons. The number of ether oxygens (including phenoxy) is 2. The highest BCUT2D eigenvalue weighted by Crippen LogP contribution is 2.54. The van der Waals surface area contributed by atoms with Crippen LogP contribution in [0.4, 0.5) is 9.59 Å². The first-order chi connectivity index (χ1) is 29.3. The number of aromatic nitrogens is 4. The van der Waals surface area contributed by atoms with Crippen LogP contribution < -0.4 is 10.6 Å². The van der Waals surface area contributed by atoms with Gasteiger partial charge in [-0.2, -0.15) is 0 Å². The molecule has 5 heterocycles. The predicted octanol–water partition coefficient (Wildman–Crippen LogP) is 7.32. The smallest absolute Gasteiger partial charge is 0.407 e. The summed E-state index contributed by atoms with van der Waals surface area (Å²) >= 11 is 0. The molecule has 9 rings (SSSR count). The van der Waals surface area contributed by atoms with E-state index in [1.54, 1.807) is 6.26 Å². The highest BCUT2D eigenvalue weighted by atomic mass is 16.5. The molecule has 4 bridgehead atoms. The molecule has 6 atom stereocenters. The van der Waals surface area contributed by atoms with E-state index in [2.05, 4.69) is 50.9 Å². The number of benzene rings is 2. The van der Waals surface area contributed by atoms with Crippen LogP contribution >= 0.6 is 0 Å². The molecule has 1 unspecified atom stereocenters. The summed E-state index contributed by atoms with van der Waals surface area (Å²) in [6, 6.07) is 13.0. The number of hydrogen-bond donors (Lipinski definition) is 4. The average molecular weight is 831 g/mol. The molecule has 0 spiro atoms. The van der Waals surface area contributed by atoms with Crippen molar-refractivity contribution >= 4 is 35.0 Å². The lowest BCUT2D eigenvalue weighted by atomic mass is 9.93. The highest BCUT2D eigenvalue weighted by Gasteiger charge is 2.58. The summed E-state index contributed by atoms with van der Waals surface area (Å²) in [5.74, 6) is 1.79. The number of imidazole rings is 2. The Morgan fingerprint density at radius 3 is 1.70 bits per heavy atom. The molecule has 2 aliphatic carbocycles. The zero-order valence-electron chi connectivity index (χ0n) is 35.5. The summed E-state index contributed by atoms with van der Waals surface area (Å²) in [5, 5.41) is 6.47. The van der Waals surface area contributed by atoms with Crippen LogP contribution in [0.1, 0.15) is 77.9 Å². The minimum absolute atomic E-state index is 0.111. The quantitative estimate of drug-likeness (QED) is 0.106. The lowest BCUT2D eigenvalue weighted by Crippen LogP contribution is -2.56. The van der Waals surface area contributed by atoms with Gasteiger partial charge in [-0.3, -0.25) is 9.59 Å².